The van der Waals surface area contributed by atoms with Gasteiger partial charge in [0, 0.05) is 49.2 Å². The molecule has 170 valence electrons. The lowest BCUT2D eigenvalue weighted by molar-refractivity contribution is -0.0585. The van der Waals surface area contributed by atoms with E-state index in [2.05, 4.69) is 39.5 Å². The summed E-state index contributed by atoms with van der Waals surface area (Å²) in [6.07, 6.45) is 5.60. The highest BCUT2D eigenvalue weighted by Gasteiger charge is 2.49. The van der Waals surface area contributed by atoms with Crippen LogP contribution in [0.3, 0.4) is 0 Å². The Labute approximate surface area is 194 Å². The van der Waals surface area contributed by atoms with Gasteiger partial charge in [-0.1, -0.05) is 42.5 Å². The SMILES string of the molecule is O=C(Nc1ccccc1)N1CCCCN2[C@H](CO)[C@@H](c3ccc(-c4ccncc4)cc3)[C@@H]2C1. The summed E-state index contributed by atoms with van der Waals surface area (Å²) >= 11 is 0. The molecular formula is C27H30N4O2. The van der Waals surface area contributed by atoms with Gasteiger partial charge in [-0.2, -0.15) is 0 Å². The third-order valence-corrected chi connectivity index (χ3v) is 6.99. The quantitative estimate of drug-likeness (QED) is 0.635. The molecule has 2 amide bonds. The second-order valence-corrected chi connectivity index (χ2v) is 8.89. The van der Waals surface area contributed by atoms with Crippen molar-refractivity contribution in [2.24, 2.45) is 0 Å². The van der Waals surface area contributed by atoms with E-state index in [0.717, 1.165) is 42.7 Å². The molecule has 0 unspecified atom stereocenters. The monoisotopic (exact) mass is 442 g/mol. The second kappa shape index (κ2) is 9.73. The van der Waals surface area contributed by atoms with Crippen molar-refractivity contribution < 1.29 is 9.90 Å². The lowest BCUT2D eigenvalue weighted by atomic mass is 9.74. The molecule has 0 spiro atoms. The van der Waals surface area contributed by atoms with Crippen molar-refractivity contribution >= 4 is 11.7 Å². The lowest BCUT2D eigenvalue weighted by Gasteiger charge is -2.57. The first-order valence-corrected chi connectivity index (χ1v) is 11.7. The second-order valence-electron chi connectivity index (χ2n) is 8.89. The maximum atomic E-state index is 13.0. The van der Waals surface area contributed by atoms with Crippen molar-refractivity contribution in [3.8, 4) is 11.1 Å². The van der Waals surface area contributed by atoms with Gasteiger partial charge in [-0.25, -0.2) is 4.79 Å². The number of hydrogen-bond acceptors (Lipinski definition) is 4. The number of aromatic nitrogens is 1. The van der Waals surface area contributed by atoms with Crippen LogP contribution in [-0.2, 0) is 0 Å². The molecule has 0 saturated carbocycles. The highest BCUT2D eigenvalue weighted by molar-refractivity contribution is 5.89. The Hall–Kier alpha value is -3.22. The van der Waals surface area contributed by atoms with Crippen LogP contribution in [0.2, 0.25) is 0 Å². The molecule has 0 bridgehead atoms. The minimum Gasteiger partial charge on any atom is -0.395 e. The molecule has 33 heavy (non-hydrogen) atoms. The summed E-state index contributed by atoms with van der Waals surface area (Å²) in [5, 5.41) is 13.2. The number of aliphatic hydroxyl groups excluding tert-OH is 1. The van der Waals surface area contributed by atoms with Gasteiger partial charge >= 0.3 is 6.03 Å². The third-order valence-electron chi connectivity index (χ3n) is 6.99. The fourth-order valence-corrected chi connectivity index (χ4v) is 5.29. The summed E-state index contributed by atoms with van der Waals surface area (Å²) in [6, 6.07) is 22.5. The first-order valence-electron chi connectivity index (χ1n) is 11.7. The van der Waals surface area contributed by atoms with Crippen LogP contribution in [0, 0.1) is 0 Å². The molecule has 2 N–H and O–H groups in total. The number of aliphatic hydroxyl groups is 1. The van der Waals surface area contributed by atoms with E-state index in [0.29, 0.717) is 6.54 Å². The van der Waals surface area contributed by atoms with E-state index in [9.17, 15) is 9.90 Å². The number of hydrogen-bond donors (Lipinski definition) is 2. The van der Waals surface area contributed by atoms with Gasteiger partial charge in [-0.05, 0) is 60.3 Å². The number of pyridine rings is 1. The molecule has 0 radical (unpaired) electrons. The standard InChI is InChI=1S/C27H30N4O2/c32-19-25-26(22-10-8-20(9-11-22)21-12-14-28-15-13-21)24-18-30(16-4-5-17-31(24)25)27(33)29-23-6-2-1-3-7-23/h1-3,6-15,24-26,32H,4-5,16-19H2,(H,29,33)/t24-,25+,26-/m0/s1. The van der Waals surface area contributed by atoms with Gasteiger partial charge in [-0.3, -0.25) is 9.88 Å². The Kier molecular flexibility index (Phi) is 6.37. The molecule has 6 heteroatoms. The molecule has 3 aromatic rings. The van der Waals surface area contributed by atoms with Crippen LogP contribution in [0.4, 0.5) is 10.5 Å². The Morgan fingerprint density at radius 2 is 1.64 bits per heavy atom. The van der Waals surface area contributed by atoms with Crippen molar-refractivity contribution in [1.29, 1.82) is 0 Å². The van der Waals surface area contributed by atoms with E-state index in [1.54, 1.807) is 12.4 Å². The number of anilines is 1. The smallest absolute Gasteiger partial charge is 0.321 e. The van der Waals surface area contributed by atoms with Gasteiger partial charge in [0.15, 0.2) is 0 Å². The number of para-hydroxylation sites is 1. The van der Waals surface area contributed by atoms with E-state index in [4.69, 9.17) is 0 Å². The van der Waals surface area contributed by atoms with Crippen LogP contribution in [-0.4, -0.2) is 64.2 Å². The van der Waals surface area contributed by atoms with Gasteiger partial charge in [-0.15, -0.1) is 0 Å². The summed E-state index contributed by atoms with van der Waals surface area (Å²) in [7, 11) is 0. The molecule has 3 heterocycles. The zero-order valence-electron chi connectivity index (χ0n) is 18.7. The van der Waals surface area contributed by atoms with Crippen LogP contribution in [0.15, 0.2) is 79.1 Å². The number of carbonyl (C=O) groups excluding carboxylic acids is 1. The maximum absolute atomic E-state index is 13.0. The minimum atomic E-state index is -0.0534. The van der Waals surface area contributed by atoms with Crippen molar-refractivity contribution in [1.82, 2.24) is 14.8 Å². The van der Waals surface area contributed by atoms with Gasteiger partial charge in [0.05, 0.1) is 6.61 Å². The number of rotatable bonds is 4. The predicted molar refractivity (Wildman–Crippen MR) is 130 cm³/mol. The van der Waals surface area contributed by atoms with Gasteiger partial charge in [0.1, 0.15) is 0 Å². The number of amides is 2. The molecule has 0 aliphatic carbocycles. The van der Waals surface area contributed by atoms with E-state index in [1.165, 1.54) is 5.56 Å². The van der Waals surface area contributed by atoms with Crippen molar-refractivity contribution in [2.45, 2.75) is 30.8 Å². The van der Waals surface area contributed by atoms with E-state index >= 15 is 0 Å². The topological polar surface area (TPSA) is 68.7 Å². The number of carbonyl (C=O) groups is 1. The fraction of sp³-hybridized carbons (Fsp3) is 0.333. The van der Waals surface area contributed by atoms with Gasteiger partial charge in [0.2, 0.25) is 0 Å². The maximum Gasteiger partial charge on any atom is 0.321 e. The number of urea groups is 1. The molecule has 2 aliphatic rings. The molecule has 2 aromatic carbocycles. The average molecular weight is 443 g/mol. The first-order chi connectivity index (χ1) is 16.2. The molecule has 5 rings (SSSR count). The average Bonchev–Trinajstić information content (AvgIpc) is 2.84. The zero-order chi connectivity index (χ0) is 22.6. The molecule has 2 aliphatic heterocycles. The normalized spacial score (nSPS) is 23.1. The van der Waals surface area contributed by atoms with Gasteiger partial charge in [0.25, 0.3) is 0 Å². The Balaban J connectivity index is 1.35. The molecule has 3 atom stereocenters. The van der Waals surface area contributed by atoms with Crippen molar-refractivity contribution in [3.05, 3.63) is 84.7 Å². The molecular weight excluding hydrogens is 412 g/mol. The largest absolute Gasteiger partial charge is 0.395 e. The number of fused-ring (bicyclic) bond motifs is 1. The summed E-state index contributed by atoms with van der Waals surface area (Å²) in [5.41, 5.74) is 4.32. The Morgan fingerprint density at radius 3 is 2.36 bits per heavy atom. The minimum absolute atomic E-state index is 0.0534. The summed E-state index contributed by atoms with van der Waals surface area (Å²) in [6.45, 7) is 2.51. The highest BCUT2D eigenvalue weighted by Crippen LogP contribution is 2.42. The molecule has 2 fully saturated rings. The number of benzene rings is 2. The van der Waals surface area contributed by atoms with Crippen molar-refractivity contribution in [3.63, 3.8) is 0 Å². The third kappa shape index (κ3) is 4.49. The number of nitrogens with one attached hydrogen (secondary N) is 1. The summed E-state index contributed by atoms with van der Waals surface area (Å²) in [4.78, 5) is 21.5. The number of nitrogens with zero attached hydrogens (tertiary/aromatic N) is 3. The fourth-order valence-electron chi connectivity index (χ4n) is 5.29. The molecule has 1 aromatic heterocycles. The summed E-state index contributed by atoms with van der Waals surface area (Å²) in [5.74, 6) is 0.201. The predicted octanol–water partition coefficient (Wildman–Crippen LogP) is 4.21. The first kappa shape index (κ1) is 21.6. The molecule has 2 saturated heterocycles. The van der Waals surface area contributed by atoms with Crippen LogP contribution < -0.4 is 5.32 Å². The van der Waals surface area contributed by atoms with Crippen LogP contribution in [0.25, 0.3) is 11.1 Å². The van der Waals surface area contributed by atoms with E-state index in [-0.39, 0.29) is 30.6 Å². The zero-order valence-corrected chi connectivity index (χ0v) is 18.7. The van der Waals surface area contributed by atoms with Crippen LogP contribution >= 0.6 is 0 Å². The van der Waals surface area contributed by atoms with Crippen LogP contribution in [0.1, 0.15) is 24.3 Å². The van der Waals surface area contributed by atoms with Crippen LogP contribution in [0.5, 0.6) is 0 Å². The molecule has 6 nitrogen and oxygen atoms in total. The van der Waals surface area contributed by atoms with E-state index in [1.807, 2.05) is 47.4 Å². The Bertz CT molecular complexity index is 1060. The lowest BCUT2D eigenvalue weighted by Crippen LogP contribution is -2.68. The highest BCUT2D eigenvalue weighted by atomic mass is 16.3. The van der Waals surface area contributed by atoms with Crippen molar-refractivity contribution in [2.75, 3.05) is 31.6 Å². The van der Waals surface area contributed by atoms with Gasteiger partial charge < -0.3 is 15.3 Å². The van der Waals surface area contributed by atoms with E-state index < -0.39 is 0 Å². The summed E-state index contributed by atoms with van der Waals surface area (Å²) < 4.78 is 0. The Morgan fingerprint density at radius 1 is 0.939 bits per heavy atom.